The lowest BCUT2D eigenvalue weighted by Crippen LogP contribution is -2.40. The first-order chi connectivity index (χ1) is 13.1. The molecule has 2 atom stereocenters. The van der Waals surface area contributed by atoms with Crippen LogP contribution in [0.4, 0.5) is 5.69 Å². The Morgan fingerprint density at radius 3 is 2.24 bits per heavy atom. The van der Waals surface area contributed by atoms with Gasteiger partial charge in [0.1, 0.15) is 0 Å². The van der Waals surface area contributed by atoms with Crippen molar-refractivity contribution < 1.29 is 13.2 Å². The number of carbonyl (C=O) groups is 1. The third-order valence-electron chi connectivity index (χ3n) is 4.59. The van der Waals surface area contributed by atoms with Gasteiger partial charge in [0, 0.05) is 17.8 Å². The molecule has 0 spiro atoms. The van der Waals surface area contributed by atoms with Gasteiger partial charge < -0.3 is 10.6 Å². The van der Waals surface area contributed by atoms with Gasteiger partial charge in [0.15, 0.2) is 0 Å². The fourth-order valence-corrected chi connectivity index (χ4v) is 4.74. The maximum atomic E-state index is 12.6. The standard InChI is InChI=1S/C21H27N3O3S.ClH/c1-21(2,3)24-28(26,27)18-11-9-17(10-12-18)23-20(25)19-13-16(14-22-19)15-7-5-4-6-8-15;/h4-12,16,19,22,24H,13-14H2,1-3H3,(H,23,25);1H. The summed E-state index contributed by atoms with van der Waals surface area (Å²) in [6.45, 7) is 6.13. The second-order valence-corrected chi connectivity index (χ2v) is 9.86. The van der Waals surface area contributed by atoms with Gasteiger partial charge in [0.2, 0.25) is 15.9 Å². The van der Waals surface area contributed by atoms with Crippen molar-refractivity contribution in [1.29, 1.82) is 0 Å². The molecule has 1 fully saturated rings. The fraction of sp³-hybridized carbons (Fsp3) is 0.381. The van der Waals surface area contributed by atoms with Crippen molar-refractivity contribution in [3.8, 4) is 0 Å². The van der Waals surface area contributed by atoms with Crippen molar-refractivity contribution in [3.05, 3.63) is 60.2 Å². The highest BCUT2D eigenvalue weighted by Gasteiger charge is 2.30. The number of sulfonamides is 1. The van der Waals surface area contributed by atoms with Gasteiger partial charge in [-0.1, -0.05) is 30.3 Å². The smallest absolute Gasteiger partial charge is 0.241 e. The van der Waals surface area contributed by atoms with Crippen molar-refractivity contribution >= 4 is 34.0 Å². The topological polar surface area (TPSA) is 87.3 Å². The Bertz CT molecular complexity index is 926. The van der Waals surface area contributed by atoms with Gasteiger partial charge in [-0.25, -0.2) is 13.1 Å². The Balaban J connectivity index is 0.00000300. The summed E-state index contributed by atoms with van der Waals surface area (Å²) >= 11 is 0. The van der Waals surface area contributed by atoms with E-state index in [1.165, 1.54) is 17.7 Å². The van der Waals surface area contributed by atoms with Crippen LogP contribution in [0.2, 0.25) is 0 Å². The number of anilines is 1. The quantitative estimate of drug-likeness (QED) is 0.669. The molecule has 0 bridgehead atoms. The number of nitrogens with one attached hydrogen (secondary N) is 3. The van der Waals surface area contributed by atoms with Crippen LogP contribution in [-0.2, 0) is 14.8 Å². The first kappa shape index (κ1) is 23.3. The molecule has 2 unspecified atom stereocenters. The Hall–Kier alpha value is -1.93. The summed E-state index contributed by atoms with van der Waals surface area (Å²) in [7, 11) is -3.59. The summed E-state index contributed by atoms with van der Waals surface area (Å²) in [5, 5.41) is 6.13. The number of halogens is 1. The summed E-state index contributed by atoms with van der Waals surface area (Å²) in [5.41, 5.74) is 1.24. The molecule has 1 saturated heterocycles. The zero-order valence-corrected chi connectivity index (χ0v) is 18.4. The molecule has 6 nitrogen and oxygen atoms in total. The van der Waals surface area contributed by atoms with Crippen molar-refractivity contribution in [2.45, 2.75) is 49.6 Å². The van der Waals surface area contributed by atoms with Crippen LogP contribution in [0.15, 0.2) is 59.5 Å². The zero-order valence-electron chi connectivity index (χ0n) is 16.8. The number of benzene rings is 2. The highest BCUT2D eigenvalue weighted by Crippen LogP contribution is 2.26. The summed E-state index contributed by atoms with van der Waals surface area (Å²) in [6.07, 6.45) is 0.734. The Morgan fingerprint density at radius 2 is 1.66 bits per heavy atom. The molecule has 1 aliphatic heterocycles. The minimum Gasteiger partial charge on any atom is -0.325 e. The summed E-state index contributed by atoms with van der Waals surface area (Å²) in [4.78, 5) is 12.7. The van der Waals surface area contributed by atoms with Gasteiger partial charge in [-0.05, 0) is 62.9 Å². The second-order valence-electron chi connectivity index (χ2n) is 8.17. The molecule has 1 aliphatic rings. The first-order valence-electron chi connectivity index (χ1n) is 9.37. The van der Waals surface area contributed by atoms with Gasteiger partial charge in [0.25, 0.3) is 0 Å². The largest absolute Gasteiger partial charge is 0.325 e. The summed E-state index contributed by atoms with van der Waals surface area (Å²) in [6, 6.07) is 16.1. The SMILES string of the molecule is CC(C)(C)NS(=O)(=O)c1ccc(NC(=O)C2CC(c3ccccc3)CN2)cc1.Cl. The predicted molar refractivity (Wildman–Crippen MR) is 118 cm³/mol. The molecule has 2 aromatic rings. The second kappa shape index (κ2) is 9.26. The molecule has 0 aliphatic carbocycles. The van der Waals surface area contributed by atoms with Crippen LogP contribution in [0.3, 0.4) is 0 Å². The van der Waals surface area contributed by atoms with E-state index in [1.54, 1.807) is 32.9 Å². The Labute approximate surface area is 178 Å². The van der Waals surface area contributed by atoms with E-state index in [0.29, 0.717) is 11.6 Å². The summed E-state index contributed by atoms with van der Waals surface area (Å²) in [5.74, 6) is 0.204. The molecule has 158 valence electrons. The maximum Gasteiger partial charge on any atom is 0.241 e. The maximum absolute atomic E-state index is 12.6. The average molecular weight is 438 g/mol. The molecule has 2 aromatic carbocycles. The third kappa shape index (κ3) is 6.27. The van der Waals surface area contributed by atoms with E-state index in [-0.39, 0.29) is 29.3 Å². The van der Waals surface area contributed by atoms with Crippen molar-refractivity contribution in [2.75, 3.05) is 11.9 Å². The van der Waals surface area contributed by atoms with Crippen LogP contribution in [0.5, 0.6) is 0 Å². The number of hydrogen-bond donors (Lipinski definition) is 3. The van der Waals surface area contributed by atoms with Crippen LogP contribution < -0.4 is 15.4 Å². The van der Waals surface area contributed by atoms with E-state index in [1.807, 2.05) is 18.2 Å². The first-order valence-corrected chi connectivity index (χ1v) is 10.9. The molecule has 3 rings (SSSR count). The number of carbonyl (C=O) groups excluding carboxylic acids is 1. The van der Waals surface area contributed by atoms with Crippen molar-refractivity contribution in [2.24, 2.45) is 0 Å². The van der Waals surface area contributed by atoms with E-state index in [0.717, 1.165) is 13.0 Å². The number of rotatable bonds is 5. The molecule has 1 amide bonds. The van der Waals surface area contributed by atoms with Gasteiger partial charge >= 0.3 is 0 Å². The lowest BCUT2D eigenvalue weighted by atomic mass is 9.96. The molecule has 0 radical (unpaired) electrons. The van der Waals surface area contributed by atoms with Gasteiger partial charge in [-0.15, -0.1) is 12.4 Å². The lowest BCUT2D eigenvalue weighted by Gasteiger charge is -2.20. The molecule has 3 N–H and O–H groups in total. The average Bonchev–Trinajstić information content (AvgIpc) is 3.11. The minimum atomic E-state index is -3.59. The number of amides is 1. The van der Waals surface area contributed by atoms with Crippen LogP contribution in [-0.4, -0.2) is 32.5 Å². The molecule has 0 aromatic heterocycles. The van der Waals surface area contributed by atoms with E-state index < -0.39 is 15.6 Å². The van der Waals surface area contributed by atoms with Crippen molar-refractivity contribution in [1.82, 2.24) is 10.0 Å². The highest BCUT2D eigenvalue weighted by molar-refractivity contribution is 7.89. The molecule has 1 heterocycles. The Morgan fingerprint density at radius 1 is 1.03 bits per heavy atom. The van der Waals surface area contributed by atoms with Crippen molar-refractivity contribution in [3.63, 3.8) is 0 Å². The predicted octanol–water partition coefficient (Wildman–Crippen LogP) is 3.27. The molecule has 8 heteroatoms. The highest BCUT2D eigenvalue weighted by atomic mass is 35.5. The Kier molecular flexibility index (Phi) is 7.45. The van der Waals surface area contributed by atoms with E-state index in [2.05, 4.69) is 27.5 Å². The van der Waals surface area contributed by atoms with E-state index in [9.17, 15) is 13.2 Å². The zero-order chi connectivity index (χ0) is 20.4. The fourth-order valence-electron chi connectivity index (χ4n) is 3.32. The van der Waals surface area contributed by atoms with Crippen LogP contribution in [0, 0.1) is 0 Å². The molecule has 0 saturated carbocycles. The minimum absolute atomic E-state index is 0. The molecular weight excluding hydrogens is 410 g/mol. The molecule has 29 heavy (non-hydrogen) atoms. The van der Waals surface area contributed by atoms with Crippen LogP contribution in [0.25, 0.3) is 0 Å². The van der Waals surface area contributed by atoms with Crippen LogP contribution in [0.1, 0.15) is 38.7 Å². The summed E-state index contributed by atoms with van der Waals surface area (Å²) < 4.78 is 27.3. The van der Waals surface area contributed by atoms with Gasteiger partial charge in [0.05, 0.1) is 10.9 Å². The third-order valence-corrected chi connectivity index (χ3v) is 6.36. The van der Waals surface area contributed by atoms with E-state index >= 15 is 0 Å². The monoisotopic (exact) mass is 437 g/mol. The van der Waals surface area contributed by atoms with Crippen LogP contribution >= 0.6 is 12.4 Å². The molecular formula is C21H28ClN3O3S. The van der Waals surface area contributed by atoms with Gasteiger partial charge in [-0.3, -0.25) is 4.79 Å². The van der Waals surface area contributed by atoms with E-state index in [4.69, 9.17) is 0 Å². The number of hydrogen-bond acceptors (Lipinski definition) is 4. The lowest BCUT2D eigenvalue weighted by molar-refractivity contribution is -0.117. The normalized spacial score (nSPS) is 19.4. The van der Waals surface area contributed by atoms with Gasteiger partial charge in [-0.2, -0.15) is 0 Å².